The summed E-state index contributed by atoms with van der Waals surface area (Å²) in [5.41, 5.74) is 5.46. The monoisotopic (exact) mass is 376 g/mol. The Labute approximate surface area is 159 Å². The molecule has 5 unspecified atom stereocenters. The van der Waals surface area contributed by atoms with Crippen LogP contribution in [0, 0.1) is 29.6 Å². The van der Waals surface area contributed by atoms with Crippen LogP contribution in [0.2, 0.25) is 0 Å². The van der Waals surface area contributed by atoms with Crippen molar-refractivity contribution in [1.29, 1.82) is 0 Å². The quantitative estimate of drug-likeness (QED) is 0.408. The summed E-state index contributed by atoms with van der Waals surface area (Å²) in [6.07, 6.45) is 7.90. The summed E-state index contributed by atoms with van der Waals surface area (Å²) < 4.78 is 4.79. The van der Waals surface area contributed by atoms with Gasteiger partial charge in [0.2, 0.25) is 9.03 Å². The summed E-state index contributed by atoms with van der Waals surface area (Å²) in [6.45, 7) is 12.3. The SMILES string of the molecule is Cc1cc(OOPO)cc2c1C1(C)CCC3C(C)(C)CCCC3(C)C1C2. The van der Waals surface area contributed by atoms with Gasteiger partial charge < -0.3 is 9.78 Å². The van der Waals surface area contributed by atoms with Crippen LogP contribution in [0.3, 0.4) is 0 Å². The Morgan fingerprint density at radius 3 is 2.58 bits per heavy atom. The molecule has 0 heterocycles. The van der Waals surface area contributed by atoms with Crippen LogP contribution in [-0.4, -0.2) is 4.89 Å². The first-order valence-electron chi connectivity index (χ1n) is 10.1. The lowest BCUT2D eigenvalue weighted by atomic mass is 9.43. The fourth-order valence-corrected chi connectivity index (χ4v) is 7.68. The highest BCUT2D eigenvalue weighted by molar-refractivity contribution is 7.24. The smallest absolute Gasteiger partial charge is 0.205 e. The van der Waals surface area contributed by atoms with E-state index in [-0.39, 0.29) is 5.41 Å². The zero-order chi connectivity index (χ0) is 18.7. The minimum absolute atomic E-state index is 0.274. The van der Waals surface area contributed by atoms with Gasteiger partial charge in [0.15, 0.2) is 5.75 Å². The number of benzene rings is 1. The lowest BCUT2D eigenvalue weighted by molar-refractivity contribution is -0.0983. The number of aryl methyl sites for hydroxylation is 1. The molecule has 3 nitrogen and oxygen atoms in total. The van der Waals surface area contributed by atoms with E-state index in [1.165, 1.54) is 43.2 Å². The Balaban J connectivity index is 1.75. The first-order valence-corrected chi connectivity index (χ1v) is 10.9. The molecule has 0 amide bonds. The lowest BCUT2D eigenvalue weighted by Crippen LogP contribution is -2.55. The van der Waals surface area contributed by atoms with Crippen LogP contribution in [0.15, 0.2) is 12.1 Å². The molecular formula is C22H33O3P. The normalized spacial score (nSPS) is 38.1. The molecule has 26 heavy (non-hydrogen) atoms. The molecule has 0 radical (unpaired) electrons. The lowest BCUT2D eigenvalue weighted by Gasteiger charge is -2.61. The fraction of sp³-hybridized carbons (Fsp3) is 0.727. The van der Waals surface area contributed by atoms with Crippen molar-refractivity contribution >= 4 is 9.03 Å². The van der Waals surface area contributed by atoms with E-state index in [4.69, 9.17) is 14.5 Å². The molecule has 0 spiro atoms. The standard InChI is InChI=1S/C22H33O3P/c1-14-11-16(24-25-26-23)12-15-13-18-21(4)9-6-8-20(2,3)17(21)7-10-22(18,5)19(14)15/h11-12,17-18,23,26H,6-10,13H2,1-5H3. The van der Waals surface area contributed by atoms with Crippen LogP contribution in [0.5, 0.6) is 5.75 Å². The molecule has 2 fully saturated rings. The minimum Gasteiger partial charge on any atom is -0.349 e. The molecule has 4 rings (SSSR count). The van der Waals surface area contributed by atoms with E-state index in [1.807, 2.05) is 0 Å². The Hall–Kier alpha value is -0.630. The van der Waals surface area contributed by atoms with Crippen molar-refractivity contribution in [1.82, 2.24) is 0 Å². The molecule has 4 heteroatoms. The van der Waals surface area contributed by atoms with Gasteiger partial charge in [0.1, 0.15) is 0 Å². The Morgan fingerprint density at radius 1 is 1.08 bits per heavy atom. The predicted octanol–water partition coefficient (Wildman–Crippen LogP) is 5.86. The van der Waals surface area contributed by atoms with Gasteiger partial charge in [0.25, 0.3) is 0 Å². The van der Waals surface area contributed by atoms with Gasteiger partial charge in [-0.15, -0.1) is 4.67 Å². The van der Waals surface area contributed by atoms with E-state index in [1.54, 1.807) is 5.56 Å². The molecule has 5 atom stereocenters. The van der Waals surface area contributed by atoms with E-state index < -0.39 is 9.03 Å². The largest absolute Gasteiger partial charge is 0.349 e. The van der Waals surface area contributed by atoms with Crippen molar-refractivity contribution in [3.8, 4) is 5.75 Å². The molecule has 0 bridgehead atoms. The second kappa shape index (κ2) is 6.19. The average molecular weight is 376 g/mol. The first-order chi connectivity index (χ1) is 12.2. The van der Waals surface area contributed by atoms with Gasteiger partial charge in [0, 0.05) is 0 Å². The zero-order valence-electron chi connectivity index (χ0n) is 16.8. The van der Waals surface area contributed by atoms with Crippen LogP contribution < -0.4 is 4.89 Å². The van der Waals surface area contributed by atoms with Gasteiger partial charge in [-0.1, -0.05) is 34.1 Å². The van der Waals surface area contributed by atoms with Crippen LogP contribution >= 0.6 is 9.03 Å². The van der Waals surface area contributed by atoms with Crippen LogP contribution in [-0.2, 0) is 16.5 Å². The van der Waals surface area contributed by atoms with Crippen molar-refractivity contribution in [2.45, 2.75) is 78.6 Å². The third-order valence-electron chi connectivity index (χ3n) is 8.35. The van der Waals surface area contributed by atoms with E-state index >= 15 is 0 Å². The molecule has 0 aliphatic heterocycles. The van der Waals surface area contributed by atoms with Gasteiger partial charge in [-0.25, -0.2) is 0 Å². The molecule has 0 aromatic heterocycles. The Kier molecular flexibility index (Phi) is 4.46. The molecule has 1 aromatic carbocycles. The molecule has 3 aliphatic rings. The van der Waals surface area contributed by atoms with Crippen molar-refractivity contribution in [3.05, 3.63) is 28.8 Å². The first kappa shape index (κ1) is 18.7. The highest BCUT2D eigenvalue weighted by Gasteiger charge is 2.61. The zero-order valence-corrected chi connectivity index (χ0v) is 17.8. The van der Waals surface area contributed by atoms with Gasteiger partial charge in [-0.05, 0) is 95.9 Å². The maximum atomic E-state index is 8.89. The number of fused-ring (bicyclic) bond motifs is 5. The van der Waals surface area contributed by atoms with Gasteiger partial charge in [0.05, 0.1) is 0 Å². The van der Waals surface area contributed by atoms with Gasteiger partial charge >= 0.3 is 0 Å². The second-order valence-corrected chi connectivity index (χ2v) is 10.5. The van der Waals surface area contributed by atoms with Crippen molar-refractivity contribution in [2.24, 2.45) is 22.7 Å². The summed E-state index contributed by atoms with van der Waals surface area (Å²) in [6, 6.07) is 4.23. The highest BCUT2D eigenvalue weighted by atomic mass is 31.1. The Morgan fingerprint density at radius 2 is 1.85 bits per heavy atom. The summed E-state index contributed by atoms with van der Waals surface area (Å²) in [5, 5.41) is 0. The number of rotatable bonds is 3. The van der Waals surface area contributed by atoms with Crippen molar-refractivity contribution in [2.75, 3.05) is 0 Å². The number of hydrogen-bond acceptors (Lipinski definition) is 3. The molecule has 144 valence electrons. The molecule has 1 aromatic rings. The predicted molar refractivity (Wildman–Crippen MR) is 106 cm³/mol. The molecule has 3 aliphatic carbocycles. The van der Waals surface area contributed by atoms with Crippen molar-refractivity contribution in [3.63, 3.8) is 0 Å². The van der Waals surface area contributed by atoms with Gasteiger partial charge in [-0.2, -0.15) is 0 Å². The minimum atomic E-state index is -0.649. The summed E-state index contributed by atoms with van der Waals surface area (Å²) >= 11 is 0. The van der Waals surface area contributed by atoms with E-state index in [9.17, 15) is 0 Å². The maximum Gasteiger partial charge on any atom is 0.205 e. The molecule has 0 saturated heterocycles. The fourth-order valence-electron chi connectivity index (χ4n) is 7.54. The van der Waals surface area contributed by atoms with E-state index in [2.05, 4.69) is 46.8 Å². The second-order valence-electron chi connectivity index (χ2n) is 10.1. The Bertz CT molecular complexity index is 716. The maximum absolute atomic E-state index is 8.89. The van der Waals surface area contributed by atoms with Crippen LogP contribution in [0.25, 0.3) is 0 Å². The summed E-state index contributed by atoms with van der Waals surface area (Å²) in [4.78, 5) is 14.2. The van der Waals surface area contributed by atoms with Crippen LogP contribution in [0.4, 0.5) is 0 Å². The highest BCUT2D eigenvalue weighted by Crippen LogP contribution is 2.67. The van der Waals surface area contributed by atoms with Gasteiger partial charge in [-0.3, -0.25) is 0 Å². The molecule has 1 N–H and O–H groups in total. The van der Waals surface area contributed by atoms with Crippen LogP contribution in [0.1, 0.15) is 76.5 Å². The third-order valence-corrected chi connectivity index (χ3v) is 8.51. The molecular weight excluding hydrogens is 343 g/mol. The van der Waals surface area contributed by atoms with E-state index in [0.29, 0.717) is 16.7 Å². The van der Waals surface area contributed by atoms with E-state index in [0.717, 1.165) is 18.1 Å². The number of hydrogen-bond donors (Lipinski definition) is 1. The summed E-state index contributed by atoms with van der Waals surface area (Å²) in [5.74, 6) is 2.25. The molecule has 2 saturated carbocycles. The van der Waals surface area contributed by atoms with Crippen molar-refractivity contribution < 1.29 is 14.5 Å². The third kappa shape index (κ3) is 2.58. The average Bonchev–Trinajstić information content (AvgIpc) is 2.86. The topological polar surface area (TPSA) is 38.7 Å². The summed E-state index contributed by atoms with van der Waals surface area (Å²) in [7, 11) is -0.649.